The first-order valence-corrected chi connectivity index (χ1v) is 28.3. The Labute approximate surface area is 429 Å². The van der Waals surface area contributed by atoms with Crippen LogP contribution in [-0.2, 0) is 10.8 Å². The second kappa shape index (κ2) is 21.1. The summed E-state index contributed by atoms with van der Waals surface area (Å²) in [5, 5.41) is 1.97. The van der Waals surface area contributed by atoms with Crippen molar-refractivity contribution in [3.63, 3.8) is 0 Å². The van der Waals surface area contributed by atoms with Crippen molar-refractivity contribution >= 4 is 43.9 Å². The Kier molecular flexibility index (Phi) is 14.1. The average Bonchev–Trinajstić information content (AvgIpc) is 3.86. The van der Waals surface area contributed by atoms with Gasteiger partial charge in [-0.15, -0.1) is 0 Å². The van der Waals surface area contributed by atoms with Crippen LogP contribution in [0.15, 0.2) is 134 Å². The lowest BCUT2D eigenvalue weighted by Crippen LogP contribution is -2.25. The monoisotopic (exact) mass is 947 g/mol. The molecule has 0 spiro atoms. The Morgan fingerprint density at radius 3 is 1.08 bits per heavy atom. The van der Waals surface area contributed by atoms with Crippen LogP contribution in [0.5, 0.6) is 0 Å². The smallest absolute Gasteiger partial charge is 0.0996 e. The highest BCUT2D eigenvalue weighted by atomic mass is 14.8. The van der Waals surface area contributed by atoms with Crippen LogP contribution in [0.3, 0.4) is 0 Å². The second-order valence-electron chi connectivity index (χ2n) is 21.6. The molecule has 0 amide bonds. The van der Waals surface area contributed by atoms with Gasteiger partial charge in [-0.25, -0.2) is 9.97 Å². The standard InChI is InChI=1S/C68H74N4/c1-5-9-13-21-37-67(38-22-14-10-6-2)57-31-19-17-27-49(57)51-35-33-47(43-59(51)67)55-45-61-62(72-66-54-30-26-42-70-64(54)63-53(65(66)71-61)29-25-41-69-63)46-56(55)48-34-36-52-50-28-18-20-32-58(50)68(60(52)44-48,39-23-15-11-7-3)40-24-16-12-8-4/h17-20,25-36,41-46H,5-16,21-24,37-40H2,1-4H3. The highest BCUT2D eigenvalue weighted by Crippen LogP contribution is 2.57. The molecule has 72 heavy (non-hydrogen) atoms. The van der Waals surface area contributed by atoms with E-state index in [4.69, 9.17) is 19.9 Å². The number of benzene rings is 6. The van der Waals surface area contributed by atoms with Crippen LogP contribution in [0.4, 0.5) is 0 Å². The van der Waals surface area contributed by atoms with E-state index in [1.807, 2.05) is 24.5 Å². The van der Waals surface area contributed by atoms with Crippen LogP contribution < -0.4 is 0 Å². The number of pyridine rings is 2. The maximum atomic E-state index is 5.60. The predicted molar refractivity (Wildman–Crippen MR) is 306 cm³/mol. The number of nitrogens with zero attached hydrogens (tertiary/aromatic N) is 4. The Morgan fingerprint density at radius 2 is 0.694 bits per heavy atom. The third-order valence-electron chi connectivity index (χ3n) is 17.1. The molecular formula is C68H74N4. The quantitative estimate of drug-likeness (QED) is 0.0386. The summed E-state index contributed by atoms with van der Waals surface area (Å²) < 4.78 is 0. The number of fused-ring (bicyclic) bond motifs is 13. The Hall–Kier alpha value is -6.26. The lowest BCUT2D eigenvalue weighted by molar-refractivity contribution is 0.401. The maximum Gasteiger partial charge on any atom is 0.0996 e. The summed E-state index contributed by atoms with van der Waals surface area (Å²) in [6, 6.07) is 46.9. The summed E-state index contributed by atoms with van der Waals surface area (Å²) in [7, 11) is 0. The van der Waals surface area contributed by atoms with Gasteiger partial charge in [-0.05, 0) is 141 Å². The van der Waals surface area contributed by atoms with Gasteiger partial charge in [-0.2, -0.15) is 0 Å². The van der Waals surface area contributed by atoms with Crippen molar-refractivity contribution in [2.45, 2.75) is 167 Å². The van der Waals surface area contributed by atoms with Gasteiger partial charge < -0.3 is 0 Å². The molecule has 366 valence electrons. The highest BCUT2D eigenvalue weighted by molar-refractivity contribution is 6.21. The summed E-state index contributed by atoms with van der Waals surface area (Å²) in [5.74, 6) is 0. The van der Waals surface area contributed by atoms with E-state index in [1.165, 1.54) is 195 Å². The van der Waals surface area contributed by atoms with Gasteiger partial charge in [0.05, 0.1) is 33.1 Å². The van der Waals surface area contributed by atoms with Crippen molar-refractivity contribution in [3.8, 4) is 44.5 Å². The Balaban J connectivity index is 1.15. The average molecular weight is 947 g/mol. The van der Waals surface area contributed by atoms with Gasteiger partial charge in [0, 0.05) is 34.0 Å². The number of rotatable bonds is 22. The topological polar surface area (TPSA) is 51.6 Å². The molecule has 0 N–H and O–H groups in total. The van der Waals surface area contributed by atoms with E-state index in [-0.39, 0.29) is 10.8 Å². The molecule has 0 saturated heterocycles. The molecule has 0 bridgehead atoms. The number of unbranched alkanes of at least 4 members (excludes halogenated alkanes) is 12. The molecule has 3 aromatic heterocycles. The molecule has 6 aromatic carbocycles. The van der Waals surface area contributed by atoms with E-state index in [0.717, 1.165) is 43.9 Å². The van der Waals surface area contributed by atoms with Gasteiger partial charge in [0.25, 0.3) is 0 Å². The van der Waals surface area contributed by atoms with Crippen LogP contribution in [0.25, 0.3) is 88.4 Å². The highest BCUT2D eigenvalue weighted by Gasteiger charge is 2.44. The van der Waals surface area contributed by atoms with Gasteiger partial charge in [-0.3, -0.25) is 9.97 Å². The fourth-order valence-corrected chi connectivity index (χ4v) is 13.5. The zero-order valence-electron chi connectivity index (χ0n) is 43.6. The van der Waals surface area contributed by atoms with Crippen molar-refractivity contribution in [1.82, 2.24) is 19.9 Å². The van der Waals surface area contributed by atoms with Crippen molar-refractivity contribution in [2.75, 3.05) is 0 Å². The van der Waals surface area contributed by atoms with E-state index in [9.17, 15) is 0 Å². The van der Waals surface area contributed by atoms with Crippen LogP contribution >= 0.6 is 0 Å². The lowest BCUT2D eigenvalue weighted by Gasteiger charge is -2.33. The zero-order valence-corrected chi connectivity index (χ0v) is 43.6. The molecule has 0 unspecified atom stereocenters. The fraction of sp³-hybridized carbons (Fsp3) is 0.382. The van der Waals surface area contributed by atoms with E-state index >= 15 is 0 Å². The molecule has 0 fully saturated rings. The zero-order chi connectivity index (χ0) is 49.1. The minimum atomic E-state index is -0.0219. The summed E-state index contributed by atoms with van der Waals surface area (Å²) in [6.07, 6.45) is 28.7. The number of hydrogen-bond donors (Lipinski definition) is 0. The summed E-state index contributed by atoms with van der Waals surface area (Å²) >= 11 is 0. The van der Waals surface area contributed by atoms with Gasteiger partial charge in [-0.1, -0.05) is 203 Å². The third-order valence-corrected chi connectivity index (χ3v) is 17.1. The van der Waals surface area contributed by atoms with Gasteiger partial charge in [0.1, 0.15) is 0 Å². The Bertz CT molecular complexity index is 3150. The van der Waals surface area contributed by atoms with E-state index in [0.29, 0.717) is 0 Å². The molecule has 0 atom stereocenters. The maximum absolute atomic E-state index is 5.60. The third kappa shape index (κ3) is 8.51. The summed E-state index contributed by atoms with van der Waals surface area (Å²) in [6.45, 7) is 9.34. The SMILES string of the molecule is CCCCCCC1(CCCCCC)c2ccccc2-c2ccc(-c3cc4nc5c6cccnc6c6ncccc6c5nc4cc3-c3ccc4c(c3)C(CCCCCC)(CCCCCC)c3ccccc3-4)cc21. The van der Waals surface area contributed by atoms with E-state index in [2.05, 4.69) is 137 Å². The predicted octanol–water partition coefficient (Wildman–Crippen LogP) is 19.6. The molecule has 0 radical (unpaired) electrons. The first kappa shape index (κ1) is 48.0. The summed E-state index contributed by atoms with van der Waals surface area (Å²) in [5.41, 5.74) is 22.0. The number of aromatic nitrogens is 4. The molecule has 2 aliphatic carbocycles. The van der Waals surface area contributed by atoms with E-state index < -0.39 is 0 Å². The van der Waals surface area contributed by atoms with Gasteiger partial charge >= 0.3 is 0 Å². The van der Waals surface area contributed by atoms with Gasteiger partial charge in [0.2, 0.25) is 0 Å². The minimum absolute atomic E-state index is 0.0219. The first-order chi connectivity index (χ1) is 35.5. The molecule has 3 heterocycles. The van der Waals surface area contributed by atoms with Crippen molar-refractivity contribution in [3.05, 3.63) is 156 Å². The molecule has 4 heteroatoms. The van der Waals surface area contributed by atoms with Crippen LogP contribution in [0.2, 0.25) is 0 Å². The minimum Gasteiger partial charge on any atom is -0.254 e. The van der Waals surface area contributed by atoms with Crippen molar-refractivity contribution in [1.29, 1.82) is 0 Å². The Morgan fingerprint density at radius 1 is 0.319 bits per heavy atom. The lowest BCUT2D eigenvalue weighted by atomic mass is 9.70. The molecule has 11 rings (SSSR count). The molecule has 0 saturated carbocycles. The fourth-order valence-electron chi connectivity index (χ4n) is 13.5. The molecule has 0 aliphatic heterocycles. The second-order valence-corrected chi connectivity index (χ2v) is 21.6. The van der Waals surface area contributed by atoms with Crippen molar-refractivity contribution < 1.29 is 0 Å². The number of hydrogen-bond acceptors (Lipinski definition) is 4. The molecule has 4 nitrogen and oxygen atoms in total. The molecule has 9 aromatic rings. The summed E-state index contributed by atoms with van der Waals surface area (Å²) in [4.78, 5) is 20.9. The molecule has 2 aliphatic rings. The van der Waals surface area contributed by atoms with Gasteiger partial charge in [0.15, 0.2) is 0 Å². The largest absolute Gasteiger partial charge is 0.254 e. The van der Waals surface area contributed by atoms with Crippen molar-refractivity contribution in [2.24, 2.45) is 0 Å². The van der Waals surface area contributed by atoms with Crippen LogP contribution in [0.1, 0.15) is 178 Å². The van der Waals surface area contributed by atoms with E-state index in [1.54, 1.807) is 0 Å². The van der Waals surface area contributed by atoms with Crippen LogP contribution in [-0.4, -0.2) is 19.9 Å². The first-order valence-electron chi connectivity index (χ1n) is 28.3. The van der Waals surface area contributed by atoms with Crippen LogP contribution in [0, 0.1) is 0 Å². The normalized spacial score (nSPS) is 14.1. The molecular weight excluding hydrogens is 873 g/mol.